The van der Waals surface area contributed by atoms with Crippen LogP contribution in [0.15, 0.2) is 65.3 Å². The van der Waals surface area contributed by atoms with E-state index < -0.39 is 5.97 Å². The number of furan rings is 1. The standard InChI is InChI=1S/C17H12O3/c18-17(19)16(11-13-7-4-10-20-13)15-9-3-6-12-5-1-2-8-14(12)15/h1-11H,(H,18,19)/b16-11-. The Kier molecular flexibility index (Phi) is 3.09. The van der Waals surface area contributed by atoms with E-state index in [0.717, 1.165) is 10.8 Å². The number of carboxylic acid groups (broad SMARTS) is 1. The fourth-order valence-electron chi connectivity index (χ4n) is 2.23. The zero-order chi connectivity index (χ0) is 13.9. The molecule has 1 heterocycles. The zero-order valence-corrected chi connectivity index (χ0v) is 10.6. The Hall–Kier alpha value is -2.81. The molecule has 0 aliphatic carbocycles. The third-order valence-electron chi connectivity index (χ3n) is 3.14. The molecule has 0 aliphatic heterocycles. The Morgan fingerprint density at radius 2 is 1.80 bits per heavy atom. The topological polar surface area (TPSA) is 50.4 Å². The number of fused-ring (bicyclic) bond motifs is 1. The van der Waals surface area contributed by atoms with Crippen molar-refractivity contribution in [3.8, 4) is 0 Å². The van der Waals surface area contributed by atoms with Crippen LogP contribution in [0.2, 0.25) is 0 Å². The second kappa shape index (κ2) is 5.05. The monoisotopic (exact) mass is 264 g/mol. The van der Waals surface area contributed by atoms with Crippen LogP contribution in [0.1, 0.15) is 11.3 Å². The van der Waals surface area contributed by atoms with Crippen LogP contribution in [0.25, 0.3) is 22.4 Å². The SMILES string of the molecule is O=C(O)/C(=C\c1ccco1)c1cccc2ccccc12. The minimum atomic E-state index is -0.974. The molecule has 0 amide bonds. The van der Waals surface area contributed by atoms with Gasteiger partial charge in [-0.05, 0) is 34.5 Å². The van der Waals surface area contributed by atoms with Gasteiger partial charge in [-0.15, -0.1) is 0 Å². The maximum Gasteiger partial charge on any atom is 0.336 e. The summed E-state index contributed by atoms with van der Waals surface area (Å²) < 4.78 is 5.21. The molecule has 0 radical (unpaired) electrons. The van der Waals surface area contributed by atoms with Gasteiger partial charge in [-0.3, -0.25) is 0 Å². The van der Waals surface area contributed by atoms with Crippen LogP contribution in [0.3, 0.4) is 0 Å². The van der Waals surface area contributed by atoms with Gasteiger partial charge in [-0.2, -0.15) is 0 Å². The average Bonchev–Trinajstić information content (AvgIpc) is 2.97. The molecule has 0 saturated carbocycles. The quantitative estimate of drug-likeness (QED) is 0.726. The molecule has 0 atom stereocenters. The number of hydrogen-bond acceptors (Lipinski definition) is 2. The van der Waals surface area contributed by atoms with Crippen LogP contribution in [-0.2, 0) is 4.79 Å². The molecule has 0 bridgehead atoms. The Bertz CT molecular complexity index is 778. The lowest BCUT2D eigenvalue weighted by Gasteiger charge is -2.07. The molecule has 3 rings (SSSR count). The summed E-state index contributed by atoms with van der Waals surface area (Å²) in [6.45, 7) is 0. The summed E-state index contributed by atoms with van der Waals surface area (Å²) in [5, 5.41) is 11.4. The van der Waals surface area contributed by atoms with Gasteiger partial charge in [-0.1, -0.05) is 42.5 Å². The van der Waals surface area contributed by atoms with Gasteiger partial charge in [0, 0.05) is 0 Å². The van der Waals surface area contributed by atoms with Crippen molar-refractivity contribution in [2.75, 3.05) is 0 Å². The van der Waals surface area contributed by atoms with Gasteiger partial charge in [0.15, 0.2) is 0 Å². The summed E-state index contributed by atoms with van der Waals surface area (Å²) in [4.78, 5) is 11.6. The third kappa shape index (κ3) is 2.21. The molecule has 2 aromatic carbocycles. The molecular weight excluding hydrogens is 252 g/mol. The third-order valence-corrected chi connectivity index (χ3v) is 3.14. The van der Waals surface area contributed by atoms with Gasteiger partial charge in [0.1, 0.15) is 5.76 Å². The number of rotatable bonds is 3. The van der Waals surface area contributed by atoms with Crippen molar-refractivity contribution in [3.05, 3.63) is 72.2 Å². The summed E-state index contributed by atoms with van der Waals surface area (Å²) in [5.74, 6) is -0.451. The highest BCUT2D eigenvalue weighted by atomic mass is 16.4. The Morgan fingerprint density at radius 3 is 2.55 bits per heavy atom. The normalized spacial score (nSPS) is 11.7. The van der Waals surface area contributed by atoms with Crippen molar-refractivity contribution < 1.29 is 14.3 Å². The lowest BCUT2D eigenvalue weighted by atomic mass is 9.97. The van der Waals surface area contributed by atoms with Crippen molar-refractivity contribution in [1.82, 2.24) is 0 Å². The Balaban J connectivity index is 2.23. The highest BCUT2D eigenvalue weighted by molar-refractivity contribution is 6.23. The summed E-state index contributed by atoms with van der Waals surface area (Å²) in [6, 6.07) is 16.8. The maximum atomic E-state index is 11.6. The highest BCUT2D eigenvalue weighted by Crippen LogP contribution is 2.27. The summed E-state index contributed by atoms with van der Waals surface area (Å²) in [6.07, 6.45) is 3.07. The van der Waals surface area contributed by atoms with E-state index >= 15 is 0 Å². The first-order valence-electron chi connectivity index (χ1n) is 6.22. The Labute approximate surface area is 115 Å². The van der Waals surface area contributed by atoms with Crippen LogP contribution >= 0.6 is 0 Å². The molecule has 0 unspecified atom stereocenters. The molecule has 0 aliphatic rings. The van der Waals surface area contributed by atoms with E-state index in [1.165, 1.54) is 6.26 Å². The smallest absolute Gasteiger partial charge is 0.336 e. The molecule has 98 valence electrons. The van der Waals surface area contributed by atoms with Crippen LogP contribution in [-0.4, -0.2) is 11.1 Å². The van der Waals surface area contributed by atoms with Gasteiger partial charge in [0.05, 0.1) is 11.8 Å². The number of carboxylic acids is 1. The first-order chi connectivity index (χ1) is 9.75. The van der Waals surface area contributed by atoms with Crippen molar-refractivity contribution in [3.63, 3.8) is 0 Å². The fraction of sp³-hybridized carbons (Fsp3) is 0. The van der Waals surface area contributed by atoms with Crippen molar-refractivity contribution >= 4 is 28.4 Å². The van der Waals surface area contributed by atoms with Crippen molar-refractivity contribution in [1.29, 1.82) is 0 Å². The molecule has 0 saturated heterocycles. The molecule has 3 aromatic rings. The summed E-state index contributed by atoms with van der Waals surface area (Å²) >= 11 is 0. The minimum Gasteiger partial charge on any atom is -0.478 e. The summed E-state index contributed by atoms with van der Waals surface area (Å²) in [5.41, 5.74) is 0.906. The molecule has 0 spiro atoms. The van der Waals surface area contributed by atoms with E-state index in [2.05, 4.69) is 0 Å². The first-order valence-corrected chi connectivity index (χ1v) is 6.22. The molecule has 3 heteroatoms. The van der Waals surface area contributed by atoms with Crippen molar-refractivity contribution in [2.24, 2.45) is 0 Å². The van der Waals surface area contributed by atoms with Crippen LogP contribution in [0.4, 0.5) is 0 Å². The number of hydrogen-bond donors (Lipinski definition) is 1. The van der Waals surface area contributed by atoms with E-state index in [1.807, 2.05) is 42.5 Å². The lowest BCUT2D eigenvalue weighted by Crippen LogP contribution is -2.00. The van der Waals surface area contributed by atoms with E-state index in [4.69, 9.17) is 4.42 Å². The van der Waals surface area contributed by atoms with Gasteiger partial charge >= 0.3 is 5.97 Å². The number of carbonyl (C=O) groups is 1. The Morgan fingerprint density at radius 1 is 1.00 bits per heavy atom. The molecule has 1 N–H and O–H groups in total. The van der Waals surface area contributed by atoms with Gasteiger partial charge in [0.2, 0.25) is 0 Å². The van der Waals surface area contributed by atoms with Crippen molar-refractivity contribution in [2.45, 2.75) is 0 Å². The largest absolute Gasteiger partial charge is 0.478 e. The van der Waals surface area contributed by atoms with E-state index in [0.29, 0.717) is 11.3 Å². The van der Waals surface area contributed by atoms with Crippen LogP contribution < -0.4 is 0 Å². The van der Waals surface area contributed by atoms with Crippen LogP contribution in [0, 0.1) is 0 Å². The second-order valence-corrected chi connectivity index (χ2v) is 4.41. The maximum absolute atomic E-state index is 11.6. The van der Waals surface area contributed by atoms with Gasteiger partial charge in [0.25, 0.3) is 0 Å². The molecular formula is C17H12O3. The predicted octanol–water partition coefficient (Wildman–Crippen LogP) is 4.06. The number of benzene rings is 2. The second-order valence-electron chi connectivity index (χ2n) is 4.41. The minimum absolute atomic E-state index is 0.219. The van der Waals surface area contributed by atoms with E-state index in [1.54, 1.807) is 18.2 Å². The van der Waals surface area contributed by atoms with Crippen LogP contribution in [0.5, 0.6) is 0 Å². The van der Waals surface area contributed by atoms with E-state index in [9.17, 15) is 9.90 Å². The molecule has 3 nitrogen and oxygen atoms in total. The van der Waals surface area contributed by atoms with E-state index in [-0.39, 0.29) is 5.57 Å². The number of aliphatic carboxylic acids is 1. The summed E-state index contributed by atoms with van der Waals surface area (Å²) in [7, 11) is 0. The zero-order valence-electron chi connectivity index (χ0n) is 10.6. The highest BCUT2D eigenvalue weighted by Gasteiger charge is 2.14. The first kappa shape index (κ1) is 12.2. The predicted molar refractivity (Wildman–Crippen MR) is 78.2 cm³/mol. The average molecular weight is 264 g/mol. The van der Waals surface area contributed by atoms with Gasteiger partial charge in [-0.25, -0.2) is 4.79 Å². The fourth-order valence-corrected chi connectivity index (χ4v) is 2.23. The molecule has 20 heavy (non-hydrogen) atoms. The lowest BCUT2D eigenvalue weighted by molar-refractivity contribution is -0.130. The van der Waals surface area contributed by atoms with Gasteiger partial charge < -0.3 is 9.52 Å². The molecule has 1 aromatic heterocycles. The molecule has 0 fully saturated rings.